The molecule has 0 unspecified atom stereocenters. The van der Waals surface area contributed by atoms with Gasteiger partial charge in [-0.1, -0.05) is 18.2 Å². The van der Waals surface area contributed by atoms with Crippen LogP contribution in [0, 0.1) is 6.92 Å². The van der Waals surface area contributed by atoms with Gasteiger partial charge in [0.1, 0.15) is 0 Å². The monoisotopic (exact) mass is 373 g/mol. The first-order valence-electron chi connectivity index (χ1n) is 8.66. The molecule has 0 saturated carbocycles. The molecule has 0 spiro atoms. The number of nitrogens with zero attached hydrogens (tertiary/aromatic N) is 1. The van der Waals surface area contributed by atoms with Gasteiger partial charge in [0.2, 0.25) is 0 Å². The lowest BCUT2D eigenvalue weighted by molar-refractivity contribution is 0.0985. The molecule has 0 radical (unpaired) electrons. The molecule has 0 bridgehead atoms. The molecule has 2 aromatic carbocycles. The zero-order valence-electron chi connectivity index (χ0n) is 15.1. The van der Waals surface area contributed by atoms with Crippen molar-refractivity contribution in [2.24, 2.45) is 0 Å². The van der Waals surface area contributed by atoms with E-state index in [4.69, 9.17) is 4.74 Å². The first kappa shape index (κ1) is 18.6. The van der Waals surface area contributed by atoms with Crippen LogP contribution in [0.3, 0.4) is 0 Å². The Hall–Kier alpha value is -2.18. The van der Waals surface area contributed by atoms with Gasteiger partial charge in [-0.3, -0.25) is 4.79 Å². The molecule has 0 saturated heterocycles. The van der Waals surface area contributed by atoms with Crippen molar-refractivity contribution in [3.63, 3.8) is 0 Å². The molecule has 0 fully saturated rings. The second-order valence-corrected chi connectivity index (χ2v) is 8.59. The summed E-state index contributed by atoms with van der Waals surface area (Å²) in [6, 6.07) is 12.3. The van der Waals surface area contributed by atoms with Crippen molar-refractivity contribution in [1.29, 1.82) is 0 Å². The topological polar surface area (TPSA) is 63.7 Å². The van der Waals surface area contributed by atoms with Crippen LogP contribution in [0.5, 0.6) is 0 Å². The smallest absolute Gasteiger partial charge is 0.258 e. The normalized spacial score (nSPS) is 14.2. The number of methoxy groups -OCH3 is 1. The zero-order valence-corrected chi connectivity index (χ0v) is 15.9. The molecule has 0 aromatic heterocycles. The Bertz CT molecular complexity index is 904. The van der Waals surface area contributed by atoms with E-state index in [0.717, 1.165) is 24.1 Å². The van der Waals surface area contributed by atoms with Crippen LogP contribution >= 0.6 is 0 Å². The van der Waals surface area contributed by atoms with Crippen LogP contribution in [0.4, 0.5) is 5.69 Å². The largest absolute Gasteiger partial charge is 0.384 e. The average Bonchev–Trinajstić information content (AvgIpc) is 2.66. The summed E-state index contributed by atoms with van der Waals surface area (Å²) >= 11 is 0. The van der Waals surface area contributed by atoms with Crippen molar-refractivity contribution in [1.82, 2.24) is 0 Å². The molecule has 138 valence electrons. The van der Waals surface area contributed by atoms with Crippen molar-refractivity contribution in [3.05, 3.63) is 59.2 Å². The van der Waals surface area contributed by atoms with Crippen LogP contribution in [0.1, 0.15) is 27.9 Å². The van der Waals surface area contributed by atoms with Gasteiger partial charge in [-0.25, -0.2) is 8.42 Å². The summed E-state index contributed by atoms with van der Waals surface area (Å²) in [7, 11) is -1.93. The first-order valence-corrected chi connectivity index (χ1v) is 10.3. The molecule has 3 rings (SSSR count). The third kappa shape index (κ3) is 3.66. The number of aryl methyl sites for hydroxylation is 2. The fraction of sp³-hybridized carbons (Fsp3) is 0.350. The van der Waals surface area contributed by atoms with Crippen LogP contribution < -0.4 is 4.90 Å². The highest BCUT2D eigenvalue weighted by molar-refractivity contribution is 7.91. The molecule has 26 heavy (non-hydrogen) atoms. The minimum Gasteiger partial charge on any atom is -0.384 e. The highest BCUT2D eigenvalue weighted by Crippen LogP contribution is 2.31. The fourth-order valence-corrected chi connectivity index (χ4v) is 4.49. The molecule has 1 heterocycles. The summed E-state index contributed by atoms with van der Waals surface area (Å²) in [5, 5.41) is 0. The highest BCUT2D eigenvalue weighted by atomic mass is 32.2. The van der Waals surface area contributed by atoms with Crippen LogP contribution in [-0.2, 0) is 21.0 Å². The van der Waals surface area contributed by atoms with Crippen molar-refractivity contribution in [2.45, 2.75) is 24.7 Å². The number of sulfone groups is 1. The summed E-state index contributed by atoms with van der Waals surface area (Å²) < 4.78 is 29.3. The number of amides is 1. The first-order chi connectivity index (χ1) is 12.4. The van der Waals surface area contributed by atoms with E-state index in [0.29, 0.717) is 12.1 Å². The molecule has 5 nitrogen and oxygen atoms in total. The Morgan fingerprint density at radius 3 is 2.58 bits per heavy atom. The van der Waals surface area contributed by atoms with Gasteiger partial charge >= 0.3 is 0 Å². The Morgan fingerprint density at radius 2 is 1.88 bits per heavy atom. The predicted octanol–water partition coefficient (Wildman–Crippen LogP) is 3.01. The van der Waals surface area contributed by atoms with E-state index < -0.39 is 9.84 Å². The number of ether oxygens (including phenoxy) is 1. The SMILES string of the molecule is COCCS(=O)(=O)c1ccc(C(=O)N2CCCc3cccc(C)c32)cc1. The van der Waals surface area contributed by atoms with Gasteiger partial charge in [0.15, 0.2) is 9.84 Å². The zero-order chi connectivity index (χ0) is 18.7. The maximum absolute atomic E-state index is 13.0. The van der Waals surface area contributed by atoms with E-state index in [-0.39, 0.29) is 23.2 Å². The van der Waals surface area contributed by atoms with Gasteiger partial charge in [0, 0.05) is 19.2 Å². The number of anilines is 1. The van der Waals surface area contributed by atoms with Gasteiger partial charge in [-0.2, -0.15) is 0 Å². The third-order valence-electron chi connectivity index (χ3n) is 4.68. The molecule has 6 heteroatoms. The predicted molar refractivity (Wildman–Crippen MR) is 102 cm³/mol. The molecular weight excluding hydrogens is 350 g/mol. The number of rotatable bonds is 5. The van der Waals surface area contributed by atoms with Crippen LogP contribution in [0.15, 0.2) is 47.4 Å². The van der Waals surface area contributed by atoms with E-state index in [2.05, 4.69) is 6.07 Å². The third-order valence-corrected chi connectivity index (χ3v) is 6.38. The Balaban J connectivity index is 1.86. The number of fused-ring (bicyclic) bond motifs is 1. The number of benzene rings is 2. The summed E-state index contributed by atoms with van der Waals surface area (Å²) in [4.78, 5) is 15.0. The standard InChI is InChI=1S/C20H23NO4S/c1-15-5-3-6-16-7-4-12-21(19(15)16)20(22)17-8-10-18(11-9-17)26(23,24)14-13-25-2/h3,5-6,8-11H,4,7,12-14H2,1-2H3. The van der Waals surface area contributed by atoms with Crippen molar-refractivity contribution < 1.29 is 17.9 Å². The lowest BCUT2D eigenvalue weighted by Crippen LogP contribution is -2.36. The molecule has 0 atom stereocenters. The minimum absolute atomic E-state index is 0.0739. The van der Waals surface area contributed by atoms with Crippen molar-refractivity contribution in [3.8, 4) is 0 Å². The van der Waals surface area contributed by atoms with E-state index in [9.17, 15) is 13.2 Å². The van der Waals surface area contributed by atoms with Gasteiger partial charge in [0.05, 0.1) is 22.9 Å². The quantitative estimate of drug-likeness (QED) is 0.808. The van der Waals surface area contributed by atoms with Crippen LogP contribution in [0.25, 0.3) is 0 Å². The molecule has 1 aliphatic rings. The molecule has 1 amide bonds. The van der Waals surface area contributed by atoms with Gasteiger partial charge in [-0.05, 0) is 55.2 Å². The van der Waals surface area contributed by atoms with Gasteiger partial charge in [0.25, 0.3) is 5.91 Å². The number of carbonyl (C=O) groups is 1. The molecule has 0 aliphatic carbocycles. The fourth-order valence-electron chi connectivity index (χ4n) is 3.32. The number of carbonyl (C=O) groups excluding carboxylic acids is 1. The molecule has 1 aliphatic heterocycles. The average molecular weight is 373 g/mol. The van der Waals surface area contributed by atoms with E-state index >= 15 is 0 Å². The Labute approximate surface area is 154 Å². The minimum atomic E-state index is -3.40. The maximum Gasteiger partial charge on any atom is 0.258 e. The van der Waals surface area contributed by atoms with Crippen LogP contribution in [0.2, 0.25) is 0 Å². The lowest BCUT2D eigenvalue weighted by atomic mass is 9.97. The van der Waals surface area contributed by atoms with Crippen molar-refractivity contribution >= 4 is 21.4 Å². The summed E-state index contributed by atoms with van der Waals surface area (Å²) in [5.41, 5.74) is 3.74. The Morgan fingerprint density at radius 1 is 1.15 bits per heavy atom. The second-order valence-electron chi connectivity index (χ2n) is 6.48. The number of para-hydroxylation sites is 1. The number of hydrogen-bond acceptors (Lipinski definition) is 4. The van der Waals surface area contributed by atoms with E-state index in [1.807, 2.05) is 24.0 Å². The van der Waals surface area contributed by atoms with E-state index in [1.165, 1.54) is 24.8 Å². The number of hydrogen-bond donors (Lipinski definition) is 0. The molecule has 0 N–H and O–H groups in total. The second kappa shape index (κ2) is 7.60. The van der Waals surface area contributed by atoms with E-state index in [1.54, 1.807) is 12.1 Å². The summed E-state index contributed by atoms with van der Waals surface area (Å²) in [5.74, 6) is -0.170. The lowest BCUT2D eigenvalue weighted by Gasteiger charge is -2.31. The van der Waals surface area contributed by atoms with Crippen LogP contribution in [-0.4, -0.2) is 40.3 Å². The Kier molecular flexibility index (Phi) is 5.44. The van der Waals surface area contributed by atoms with Gasteiger partial charge in [-0.15, -0.1) is 0 Å². The highest BCUT2D eigenvalue weighted by Gasteiger charge is 2.25. The van der Waals surface area contributed by atoms with Crippen molar-refractivity contribution in [2.75, 3.05) is 30.9 Å². The summed E-state index contributed by atoms with van der Waals surface area (Å²) in [6.45, 7) is 2.83. The summed E-state index contributed by atoms with van der Waals surface area (Å²) in [6.07, 6.45) is 1.89. The maximum atomic E-state index is 13.0. The molecular formula is C20H23NO4S. The molecule has 2 aromatic rings. The van der Waals surface area contributed by atoms with Gasteiger partial charge < -0.3 is 9.64 Å².